The van der Waals surface area contributed by atoms with E-state index in [4.69, 9.17) is 9.15 Å². The molecule has 0 bridgehead atoms. The van der Waals surface area contributed by atoms with Gasteiger partial charge in [-0.05, 0) is 55.2 Å². The minimum absolute atomic E-state index is 0.0431. The molecule has 1 atom stereocenters. The van der Waals surface area contributed by atoms with Gasteiger partial charge in [0, 0.05) is 35.6 Å². The van der Waals surface area contributed by atoms with Crippen LogP contribution in [0.2, 0.25) is 0 Å². The highest BCUT2D eigenvalue weighted by molar-refractivity contribution is 5.86. The van der Waals surface area contributed by atoms with E-state index < -0.39 is 17.1 Å². The van der Waals surface area contributed by atoms with Crippen LogP contribution in [-0.2, 0) is 17.8 Å². The zero-order valence-electron chi connectivity index (χ0n) is 21.0. The Bertz CT molecular complexity index is 1530. The van der Waals surface area contributed by atoms with Crippen molar-refractivity contribution >= 4 is 16.8 Å². The highest BCUT2D eigenvalue weighted by Gasteiger charge is 2.30. The van der Waals surface area contributed by atoms with Gasteiger partial charge in [0.25, 0.3) is 0 Å². The number of hydrogen-bond donors (Lipinski definition) is 2. The van der Waals surface area contributed by atoms with E-state index >= 15 is 0 Å². The Morgan fingerprint density at radius 3 is 2.73 bits per heavy atom. The van der Waals surface area contributed by atoms with Crippen molar-refractivity contribution in [2.24, 2.45) is 0 Å². The Labute approximate surface area is 215 Å². The number of nitrogens with zero attached hydrogens (tertiary/aromatic N) is 1. The third-order valence-corrected chi connectivity index (χ3v) is 6.77. The smallest absolute Gasteiger partial charge is 0.227 e. The standard InChI is InChI=1S/C30H30N2O5/c1-18(2)17-36-21-10-8-20(9-11-21)24(30-29(35)27(33)14-19(3)37-30)15-28(34)32-13-12-23-22-6-4-5-7-25(22)31-26(23)16-32/h4-11,14,24,31,35H,1,12-13,15-17H2,2-3H3/t24-/m1/s1. The number of ether oxygens (including phenoxy) is 1. The van der Waals surface area contributed by atoms with Crippen molar-refractivity contribution in [1.29, 1.82) is 0 Å². The van der Waals surface area contributed by atoms with Gasteiger partial charge in [-0.25, -0.2) is 0 Å². The van der Waals surface area contributed by atoms with Crippen LogP contribution in [0.15, 0.2) is 76.0 Å². The van der Waals surface area contributed by atoms with Crippen molar-refractivity contribution in [1.82, 2.24) is 9.88 Å². The number of aromatic nitrogens is 1. The lowest BCUT2D eigenvalue weighted by Crippen LogP contribution is -2.36. The van der Waals surface area contributed by atoms with E-state index in [1.165, 1.54) is 17.0 Å². The number of carbonyl (C=O) groups is 1. The Kier molecular flexibility index (Phi) is 6.61. The summed E-state index contributed by atoms with van der Waals surface area (Å²) in [7, 11) is 0. The Balaban J connectivity index is 1.43. The third-order valence-electron chi connectivity index (χ3n) is 6.77. The Hall–Kier alpha value is -4.26. The largest absolute Gasteiger partial charge is 0.502 e. The molecule has 0 unspecified atom stereocenters. The first-order chi connectivity index (χ1) is 17.8. The summed E-state index contributed by atoms with van der Waals surface area (Å²) in [6.07, 6.45) is 0.802. The van der Waals surface area contributed by atoms with Crippen LogP contribution in [0.4, 0.5) is 0 Å². The zero-order chi connectivity index (χ0) is 26.1. The fourth-order valence-electron chi connectivity index (χ4n) is 4.94. The summed E-state index contributed by atoms with van der Waals surface area (Å²) in [6, 6.07) is 16.7. The van der Waals surface area contributed by atoms with Crippen molar-refractivity contribution in [3.63, 3.8) is 0 Å². The molecular weight excluding hydrogens is 468 g/mol. The molecule has 1 aliphatic heterocycles. The number of H-pyrrole nitrogens is 1. The molecule has 7 nitrogen and oxygen atoms in total. The monoisotopic (exact) mass is 498 g/mol. The van der Waals surface area contributed by atoms with Crippen molar-refractivity contribution in [2.75, 3.05) is 13.2 Å². The van der Waals surface area contributed by atoms with E-state index in [0.717, 1.165) is 28.8 Å². The van der Waals surface area contributed by atoms with Crippen LogP contribution in [0.5, 0.6) is 11.5 Å². The summed E-state index contributed by atoms with van der Waals surface area (Å²) >= 11 is 0. The molecule has 0 fully saturated rings. The van der Waals surface area contributed by atoms with E-state index in [9.17, 15) is 14.7 Å². The van der Waals surface area contributed by atoms with Gasteiger partial charge < -0.3 is 24.1 Å². The number of rotatable bonds is 7. The minimum atomic E-state index is -0.639. The van der Waals surface area contributed by atoms with Gasteiger partial charge in [-0.1, -0.05) is 36.9 Å². The molecule has 2 N–H and O–H groups in total. The van der Waals surface area contributed by atoms with E-state index in [1.54, 1.807) is 19.1 Å². The highest BCUT2D eigenvalue weighted by Crippen LogP contribution is 2.35. The molecule has 0 aliphatic carbocycles. The lowest BCUT2D eigenvalue weighted by Gasteiger charge is -2.29. The van der Waals surface area contributed by atoms with Crippen LogP contribution in [0.25, 0.3) is 10.9 Å². The summed E-state index contributed by atoms with van der Waals surface area (Å²) in [5.74, 6) is -0.0637. The first kappa shape index (κ1) is 24.4. The third kappa shape index (κ3) is 5.03. The summed E-state index contributed by atoms with van der Waals surface area (Å²) in [6.45, 7) is 8.86. The quantitative estimate of drug-likeness (QED) is 0.342. The molecule has 4 aromatic rings. The van der Waals surface area contributed by atoms with Crippen molar-refractivity contribution in [2.45, 2.75) is 39.2 Å². The number of hydrogen-bond acceptors (Lipinski definition) is 5. The molecule has 0 saturated carbocycles. The van der Waals surface area contributed by atoms with E-state index in [0.29, 0.717) is 31.2 Å². The lowest BCUT2D eigenvalue weighted by atomic mass is 9.91. The average Bonchev–Trinajstić information content (AvgIpc) is 3.26. The molecular formula is C30H30N2O5. The predicted molar refractivity (Wildman–Crippen MR) is 142 cm³/mol. The number of carbonyl (C=O) groups excluding carboxylic acids is 1. The van der Waals surface area contributed by atoms with Gasteiger partial charge in [0.1, 0.15) is 18.1 Å². The van der Waals surface area contributed by atoms with E-state index in [2.05, 4.69) is 17.6 Å². The second-order valence-corrected chi connectivity index (χ2v) is 9.70. The van der Waals surface area contributed by atoms with Gasteiger partial charge in [0.05, 0.1) is 12.5 Å². The number of nitrogens with one attached hydrogen (secondary N) is 1. The van der Waals surface area contributed by atoms with E-state index in [-0.39, 0.29) is 18.1 Å². The number of fused-ring (bicyclic) bond motifs is 3. The lowest BCUT2D eigenvalue weighted by molar-refractivity contribution is -0.132. The van der Waals surface area contributed by atoms with Crippen LogP contribution in [-0.4, -0.2) is 34.0 Å². The fraction of sp³-hybridized carbons (Fsp3) is 0.267. The number of amides is 1. The number of benzene rings is 2. The molecule has 1 aliphatic rings. The second kappa shape index (κ2) is 10.0. The number of aromatic hydroxyl groups is 1. The van der Waals surface area contributed by atoms with Crippen LogP contribution in [0, 0.1) is 6.92 Å². The van der Waals surface area contributed by atoms with E-state index in [1.807, 2.05) is 42.2 Å². The summed E-state index contributed by atoms with van der Waals surface area (Å²) in [5, 5.41) is 11.8. The number of aromatic amines is 1. The average molecular weight is 499 g/mol. The molecule has 3 heterocycles. The maximum absolute atomic E-state index is 13.6. The maximum atomic E-state index is 13.6. The SMILES string of the molecule is C=C(C)COc1ccc([C@@H](CC(=O)N2CCc3c([nH]c4ccccc34)C2)c2oc(C)cc(=O)c2O)cc1. The normalized spacial score (nSPS) is 13.8. The Morgan fingerprint density at radius 1 is 1.22 bits per heavy atom. The predicted octanol–water partition coefficient (Wildman–Crippen LogP) is 5.20. The van der Waals surface area contributed by atoms with Crippen LogP contribution in [0.1, 0.15) is 47.6 Å². The molecule has 0 radical (unpaired) electrons. The van der Waals surface area contributed by atoms with Crippen LogP contribution >= 0.6 is 0 Å². The minimum Gasteiger partial charge on any atom is -0.502 e. The highest BCUT2D eigenvalue weighted by atomic mass is 16.5. The molecule has 37 heavy (non-hydrogen) atoms. The summed E-state index contributed by atoms with van der Waals surface area (Å²) in [5.41, 5.74) is 4.48. The van der Waals surface area contributed by atoms with Gasteiger partial charge >= 0.3 is 0 Å². The molecule has 0 spiro atoms. The summed E-state index contributed by atoms with van der Waals surface area (Å²) in [4.78, 5) is 31.2. The van der Waals surface area contributed by atoms with Gasteiger partial charge in [-0.3, -0.25) is 9.59 Å². The molecule has 7 heteroatoms. The van der Waals surface area contributed by atoms with Crippen LogP contribution in [0.3, 0.4) is 0 Å². The molecule has 190 valence electrons. The topological polar surface area (TPSA) is 95.8 Å². The second-order valence-electron chi connectivity index (χ2n) is 9.70. The van der Waals surface area contributed by atoms with Crippen LogP contribution < -0.4 is 10.2 Å². The summed E-state index contributed by atoms with van der Waals surface area (Å²) < 4.78 is 11.5. The van der Waals surface area contributed by atoms with Crippen molar-refractivity contribution in [3.8, 4) is 11.5 Å². The zero-order valence-corrected chi connectivity index (χ0v) is 21.0. The number of aryl methyl sites for hydroxylation is 1. The maximum Gasteiger partial charge on any atom is 0.227 e. The number of para-hydroxylation sites is 1. The van der Waals surface area contributed by atoms with Crippen molar-refractivity contribution < 1.29 is 19.1 Å². The molecule has 5 rings (SSSR count). The molecule has 1 amide bonds. The van der Waals surface area contributed by atoms with Gasteiger partial charge in [-0.2, -0.15) is 0 Å². The first-order valence-electron chi connectivity index (χ1n) is 12.4. The Morgan fingerprint density at radius 2 is 1.97 bits per heavy atom. The molecule has 0 saturated heterocycles. The van der Waals surface area contributed by atoms with Crippen molar-refractivity contribution in [3.05, 3.63) is 105 Å². The molecule has 2 aromatic carbocycles. The molecule has 2 aromatic heterocycles. The van der Waals surface area contributed by atoms with Gasteiger partial charge in [0.15, 0.2) is 5.76 Å². The van der Waals surface area contributed by atoms with Gasteiger partial charge in [-0.15, -0.1) is 0 Å². The first-order valence-corrected chi connectivity index (χ1v) is 12.4. The fourth-order valence-corrected chi connectivity index (χ4v) is 4.94. The van der Waals surface area contributed by atoms with Gasteiger partial charge in [0.2, 0.25) is 17.1 Å².